The zero-order valence-corrected chi connectivity index (χ0v) is 13.2. The number of nitrogens with one attached hydrogen (secondary N) is 1. The lowest BCUT2D eigenvalue weighted by Crippen LogP contribution is -2.14. The van der Waals surface area contributed by atoms with Crippen LogP contribution in [-0.4, -0.2) is 15.3 Å². The number of hydrogen-bond donors (Lipinski definition) is 1. The number of amides is 1. The van der Waals surface area contributed by atoms with Gasteiger partial charge in [-0.15, -0.1) is 11.3 Å². The van der Waals surface area contributed by atoms with Gasteiger partial charge in [0.1, 0.15) is 10.8 Å². The fourth-order valence-corrected chi connectivity index (χ4v) is 3.18. The Morgan fingerprint density at radius 1 is 1.43 bits per heavy atom. The molecule has 0 saturated heterocycles. The van der Waals surface area contributed by atoms with Gasteiger partial charge in [-0.1, -0.05) is 6.07 Å². The van der Waals surface area contributed by atoms with Crippen LogP contribution in [0.15, 0.2) is 28.0 Å². The molecule has 0 aromatic carbocycles. The maximum Gasteiger partial charge on any atom is 0.236 e. The molecule has 0 aliphatic carbocycles. The van der Waals surface area contributed by atoms with E-state index in [1.165, 1.54) is 11.5 Å². The Labute approximate surface area is 129 Å². The summed E-state index contributed by atoms with van der Waals surface area (Å²) >= 11 is 2.83. The first-order valence-electron chi connectivity index (χ1n) is 6.35. The van der Waals surface area contributed by atoms with Crippen molar-refractivity contribution in [3.05, 3.63) is 40.7 Å². The number of carbonyl (C=O) groups is 1. The molecule has 21 heavy (non-hydrogen) atoms. The van der Waals surface area contributed by atoms with Crippen LogP contribution in [0.3, 0.4) is 0 Å². The highest BCUT2D eigenvalue weighted by atomic mass is 32.1. The van der Waals surface area contributed by atoms with E-state index in [0.29, 0.717) is 17.3 Å². The third-order valence-electron chi connectivity index (χ3n) is 2.84. The van der Waals surface area contributed by atoms with Gasteiger partial charge in [-0.05, 0) is 42.9 Å². The number of hydrogen-bond acceptors (Lipinski definition) is 6. The lowest BCUT2D eigenvalue weighted by atomic mass is 10.2. The maximum atomic E-state index is 12.0. The predicted molar refractivity (Wildman–Crippen MR) is 83.7 cm³/mol. The number of anilines is 1. The summed E-state index contributed by atoms with van der Waals surface area (Å²) in [6.45, 7) is 3.71. The Bertz CT molecular complexity index is 759. The first-order valence-corrected chi connectivity index (χ1v) is 8.00. The summed E-state index contributed by atoms with van der Waals surface area (Å²) in [5.74, 6) is 1.13. The highest BCUT2D eigenvalue weighted by molar-refractivity contribution is 7.13. The third-order valence-corrected chi connectivity index (χ3v) is 4.50. The summed E-state index contributed by atoms with van der Waals surface area (Å²) < 4.78 is 9.75. The third kappa shape index (κ3) is 3.20. The zero-order chi connectivity index (χ0) is 14.8. The SMILES string of the molecule is Cc1cc(NC(=O)Cc2nc(-c3cccs3)oc2C)sn1. The molecule has 1 N–H and O–H groups in total. The molecule has 1 amide bonds. The summed E-state index contributed by atoms with van der Waals surface area (Å²) in [7, 11) is 0. The van der Waals surface area contributed by atoms with E-state index in [1.807, 2.05) is 37.4 Å². The molecule has 3 rings (SSSR count). The van der Waals surface area contributed by atoms with Crippen LogP contribution in [0.25, 0.3) is 10.8 Å². The van der Waals surface area contributed by atoms with Crippen molar-refractivity contribution >= 4 is 33.8 Å². The molecule has 0 bridgehead atoms. The highest BCUT2D eigenvalue weighted by Gasteiger charge is 2.15. The Hall–Kier alpha value is -1.99. The van der Waals surface area contributed by atoms with E-state index in [1.54, 1.807) is 11.3 Å². The normalized spacial score (nSPS) is 10.8. The zero-order valence-electron chi connectivity index (χ0n) is 11.5. The van der Waals surface area contributed by atoms with Crippen LogP contribution in [0, 0.1) is 13.8 Å². The van der Waals surface area contributed by atoms with Gasteiger partial charge in [0.05, 0.1) is 22.7 Å². The minimum absolute atomic E-state index is 0.118. The standard InChI is InChI=1S/C14H13N3O2S2/c1-8-6-13(21-17-8)16-12(18)7-10-9(2)19-14(15-10)11-4-3-5-20-11/h3-6H,7H2,1-2H3,(H,16,18). The van der Waals surface area contributed by atoms with Gasteiger partial charge in [0, 0.05) is 0 Å². The van der Waals surface area contributed by atoms with E-state index in [0.717, 1.165) is 15.6 Å². The van der Waals surface area contributed by atoms with Gasteiger partial charge in [0.2, 0.25) is 11.8 Å². The quantitative estimate of drug-likeness (QED) is 0.797. The number of thiophene rings is 1. The summed E-state index contributed by atoms with van der Waals surface area (Å²) in [5, 5.41) is 5.53. The van der Waals surface area contributed by atoms with E-state index in [-0.39, 0.29) is 12.3 Å². The van der Waals surface area contributed by atoms with Gasteiger partial charge in [0.25, 0.3) is 0 Å². The maximum absolute atomic E-state index is 12.0. The Kier molecular flexibility index (Phi) is 3.85. The van der Waals surface area contributed by atoms with E-state index in [9.17, 15) is 4.79 Å². The van der Waals surface area contributed by atoms with Gasteiger partial charge in [-0.2, -0.15) is 4.37 Å². The number of oxazole rings is 1. The van der Waals surface area contributed by atoms with Crippen molar-refractivity contribution in [2.75, 3.05) is 5.32 Å². The second kappa shape index (κ2) is 5.79. The average molecular weight is 319 g/mol. The molecule has 108 valence electrons. The average Bonchev–Trinajstić information content (AvgIpc) is 3.13. The molecule has 3 aromatic rings. The van der Waals surface area contributed by atoms with Gasteiger partial charge >= 0.3 is 0 Å². The fraction of sp³-hybridized carbons (Fsp3) is 0.214. The van der Waals surface area contributed by atoms with Crippen LogP contribution >= 0.6 is 22.9 Å². The van der Waals surface area contributed by atoms with E-state index >= 15 is 0 Å². The van der Waals surface area contributed by atoms with Crippen molar-refractivity contribution in [3.63, 3.8) is 0 Å². The molecule has 0 fully saturated rings. The number of rotatable bonds is 4. The van der Waals surface area contributed by atoms with Crippen LogP contribution in [0.1, 0.15) is 17.1 Å². The summed E-state index contributed by atoms with van der Waals surface area (Å²) in [4.78, 5) is 17.4. The largest absolute Gasteiger partial charge is 0.440 e. The second-order valence-electron chi connectivity index (χ2n) is 4.56. The number of nitrogens with zero attached hydrogens (tertiary/aromatic N) is 2. The lowest BCUT2D eigenvalue weighted by Gasteiger charge is -1.99. The van der Waals surface area contributed by atoms with E-state index in [2.05, 4.69) is 14.7 Å². The van der Waals surface area contributed by atoms with Crippen molar-refractivity contribution in [3.8, 4) is 10.8 Å². The van der Waals surface area contributed by atoms with E-state index < -0.39 is 0 Å². The van der Waals surface area contributed by atoms with Crippen molar-refractivity contribution < 1.29 is 9.21 Å². The fourth-order valence-electron chi connectivity index (χ4n) is 1.85. The van der Waals surface area contributed by atoms with Crippen LogP contribution in [0.5, 0.6) is 0 Å². The summed E-state index contributed by atoms with van der Waals surface area (Å²) in [5.41, 5.74) is 1.56. The molecule has 0 radical (unpaired) electrons. The lowest BCUT2D eigenvalue weighted by molar-refractivity contribution is -0.115. The van der Waals surface area contributed by atoms with Gasteiger partial charge in [-0.25, -0.2) is 4.98 Å². The van der Waals surface area contributed by atoms with Crippen molar-refractivity contribution in [1.82, 2.24) is 9.36 Å². The van der Waals surface area contributed by atoms with Crippen LogP contribution in [-0.2, 0) is 11.2 Å². The Morgan fingerprint density at radius 3 is 2.95 bits per heavy atom. The molecule has 3 aromatic heterocycles. The van der Waals surface area contributed by atoms with Crippen molar-refractivity contribution in [2.24, 2.45) is 0 Å². The molecule has 0 saturated carbocycles. The first-order chi connectivity index (χ1) is 10.1. The summed E-state index contributed by atoms with van der Waals surface area (Å²) in [6, 6.07) is 5.73. The molecule has 5 nitrogen and oxygen atoms in total. The molecule has 0 aliphatic heterocycles. The van der Waals surface area contributed by atoms with Gasteiger partial charge < -0.3 is 9.73 Å². The minimum atomic E-state index is -0.118. The molecule has 3 heterocycles. The second-order valence-corrected chi connectivity index (χ2v) is 6.31. The summed E-state index contributed by atoms with van der Waals surface area (Å²) in [6.07, 6.45) is 0.192. The van der Waals surface area contributed by atoms with Crippen LogP contribution in [0.4, 0.5) is 5.00 Å². The molecular weight excluding hydrogens is 306 g/mol. The van der Waals surface area contributed by atoms with Crippen molar-refractivity contribution in [1.29, 1.82) is 0 Å². The molecular formula is C14H13N3O2S2. The number of carbonyl (C=O) groups excluding carboxylic acids is 1. The van der Waals surface area contributed by atoms with Crippen molar-refractivity contribution in [2.45, 2.75) is 20.3 Å². The molecule has 0 unspecified atom stereocenters. The molecule has 0 atom stereocenters. The number of aromatic nitrogens is 2. The van der Waals surface area contributed by atoms with Crippen LogP contribution < -0.4 is 5.32 Å². The first kappa shape index (κ1) is 14.0. The number of aryl methyl sites for hydroxylation is 2. The van der Waals surface area contributed by atoms with Gasteiger partial charge in [0.15, 0.2) is 0 Å². The molecule has 0 spiro atoms. The molecule has 7 heteroatoms. The van der Waals surface area contributed by atoms with E-state index in [4.69, 9.17) is 4.42 Å². The monoisotopic (exact) mass is 319 g/mol. The van der Waals surface area contributed by atoms with Crippen LogP contribution in [0.2, 0.25) is 0 Å². The topological polar surface area (TPSA) is 68.0 Å². The predicted octanol–water partition coefficient (Wildman–Crippen LogP) is 3.66. The Morgan fingerprint density at radius 2 is 2.29 bits per heavy atom. The Balaban J connectivity index is 1.71. The minimum Gasteiger partial charge on any atom is -0.440 e. The highest BCUT2D eigenvalue weighted by Crippen LogP contribution is 2.26. The van der Waals surface area contributed by atoms with Gasteiger partial charge in [-0.3, -0.25) is 4.79 Å². The molecule has 0 aliphatic rings. The smallest absolute Gasteiger partial charge is 0.236 e.